The first-order valence-electron chi connectivity index (χ1n) is 5.09. The summed E-state index contributed by atoms with van der Waals surface area (Å²) in [5.74, 6) is -0.158. The van der Waals surface area contributed by atoms with Crippen molar-refractivity contribution in [3.63, 3.8) is 0 Å². The van der Waals surface area contributed by atoms with Gasteiger partial charge in [-0.25, -0.2) is 0 Å². The van der Waals surface area contributed by atoms with Crippen LogP contribution in [0.4, 0.5) is 13.2 Å². The molecular formula is C11H13ClF3NO. The topological polar surface area (TPSA) is 23.5 Å². The van der Waals surface area contributed by atoms with Crippen LogP contribution in [-0.2, 0) is 6.54 Å². The van der Waals surface area contributed by atoms with E-state index in [-0.39, 0.29) is 23.9 Å². The summed E-state index contributed by atoms with van der Waals surface area (Å²) in [6.45, 7) is 0.886. The first kappa shape index (κ1) is 14.1. The molecule has 17 heavy (non-hydrogen) atoms. The van der Waals surface area contributed by atoms with Gasteiger partial charge in [0.2, 0.25) is 0 Å². The molecule has 96 valence electrons. The fourth-order valence-corrected chi connectivity index (χ4v) is 1.66. The summed E-state index contributed by atoms with van der Waals surface area (Å²) in [6, 6.07) is 4.64. The van der Waals surface area contributed by atoms with Crippen molar-refractivity contribution < 1.29 is 18.3 Å². The van der Waals surface area contributed by atoms with Gasteiger partial charge in [-0.05, 0) is 12.6 Å². The summed E-state index contributed by atoms with van der Waals surface area (Å²) in [5.41, 5.74) is 0.392. The van der Waals surface area contributed by atoms with E-state index in [1.165, 1.54) is 11.0 Å². The Morgan fingerprint density at radius 3 is 2.53 bits per heavy atom. The lowest BCUT2D eigenvalue weighted by atomic mass is 10.2. The van der Waals surface area contributed by atoms with E-state index >= 15 is 0 Å². The van der Waals surface area contributed by atoms with Crippen molar-refractivity contribution in [2.24, 2.45) is 0 Å². The molecule has 0 amide bonds. The maximum Gasteiger partial charge on any atom is 0.401 e. The predicted octanol–water partition coefficient (Wildman–Crippen LogP) is 3.43. The Labute approximate surface area is 103 Å². The molecule has 1 N–H and O–H groups in total. The van der Waals surface area contributed by atoms with Crippen molar-refractivity contribution in [2.45, 2.75) is 19.6 Å². The van der Waals surface area contributed by atoms with Crippen LogP contribution >= 0.6 is 11.6 Å². The molecule has 0 radical (unpaired) electrons. The molecule has 0 aromatic heterocycles. The number of hydrogen-bond donors (Lipinski definition) is 1. The predicted molar refractivity (Wildman–Crippen MR) is 60.1 cm³/mol. The fraction of sp³-hybridized carbons (Fsp3) is 0.455. The molecule has 2 nitrogen and oxygen atoms in total. The Morgan fingerprint density at radius 2 is 2.00 bits per heavy atom. The summed E-state index contributed by atoms with van der Waals surface area (Å²) in [4.78, 5) is 1.19. The van der Waals surface area contributed by atoms with Crippen molar-refractivity contribution in [1.29, 1.82) is 0 Å². The van der Waals surface area contributed by atoms with Crippen LogP contribution < -0.4 is 0 Å². The quantitative estimate of drug-likeness (QED) is 0.903. The minimum atomic E-state index is -4.25. The van der Waals surface area contributed by atoms with Gasteiger partial charge in [0, 0.05) is 12.1 Å². The number of phenols is 1. The van der Waals surface area contributed by atoms with Crippen molar-refractivity contribution in [1.82, 2.24) is 4.90 Å². The largest absolute Gasteiger partial charge is 0.506 e. The lowest BCUT2D eigenvalue weighted by Crippen LogP contribution is -2.33. The highest BCUT2D eigenvalue weighted by atomic mass is 35.5. The van der Waals surface area contributed by atoms with E-state index in [0.717, 1.165) is 0 Å². The molecule has 0 aliphatic carbocycles. The second kappa shape index (κ2) is 5.60. The van der Waals surface area contributed by atoms with E-state index in [4.69, 9.17) is 11.6 Å². The first-order valence-corrected chi connectivity index (χ1v) is 5.46. The number of alkyl halides is 3. The normalized spacial score (nSPS) is 12.1. The third-order valence-electron chi connectivity index (χ3n) is 2.31. The average Bonchev–Trinajstić information content (AvgIpc) is 2.21. The maximum atomic E-state index is 12.2. The Balaban J connectivity index is 2.77. The molecule has 0 atom stereocenters. The van der Waals surface area contributed by atoms with Crippen molar-refractivity contribution in [2.75, 3.05) is 13.1 Å². The van der Waals surface area contributed by atoms with Crippen LogP contribution in [0.1, 0.15) is 12.5 Å². The number of aromatic hydroxyl groups is 1. The van der Waals surface area contributed by atoms with Gasteiger partial charge in [-0.2, -0.15) is 13.2 Å². The zero-order valence-electron chi connectivity index (χ0n) is 9.26. The molecule has 0 saturated heterocycles. The zero-order chi connectivity index (χ0) is 13.1. The molecule has 0 fully saturated rings. The van der Waals surface area contributed by atoms with Crippen LogP contribution in [0.5, 0.6) is 5.75 Å². The van der Waals surface area contributed by atoms with Gasteiger partial charge in [-0.15, -0.1) is 0 Å². The van der Waals surface area contributed by atoms with Crippen LogP contribution in [0.2, 0.25) is 5.02 Å². The van der Waals surface area contributed by atoms with Gasteiger partial charge < -0.3 is 5.11 Å². The lowest BCUT2D eigenvalue weighted by molar-refractivity contribution is -0.146. The highest BCUT2D eigenvalue weighted by molar-refractivity contribution is 6.32. The number of rotatable bonds is 4. The Bertz CT molecular complexity index is 381. The van der Waals surface area contributed by atoms with E-state index in [1.54, 1.807) is 19.1 Å². The van der Waals surface area contributed by atoms with Crippen molar-refractivity contribution >= 4 is 11.6 Å². The van der Waals surface area contributed by atoms with Crippen LogP contribution in [0.3, 0.4) is 0 Å². The van der Waals surface area contributed by atoms with Gasteiger partial charge in [-0.1, -0.05) is 30.7 Å². The molecule has 1 rings (SSSR count). The molecule has 0 bridgehead atoms. The molecular weight excluding hydrogens is 255 g/mol. The smallest absolute Gasteiger partial charge is 0.401 e. The third-order valence-corrected chi connectivity index (χ3v) is 2.62. The lowest BCUT2D eigenvalue weighted by Gasteiger charge is -2.22. The van der Waals surface area contributed by atoms with Crippen LogP contribution in [-0.4, -0.2) is 29.3 Å². The average molecular weight is 268 g/mol. The first-order chi connectivity index (χ1) is 7.83. The van der Waals surface area contributed by atoms with Gasteiger partial charge in [-0.3, -0.25) is 4.90 Å². The monoisotopic (exact) mass is 267 g/mol. The molecule has 0 saturated carbocycles. The summed E-state index contributed by atoms with van der Waals surface area (Å²) < 4.78 is 36.7. The van der Waals surface area contributed by atoms with E-state index < -0.39 is 12.7 Å². The Morgan fingerprint density at radius 1 is 1.35 bits per heavy atom. The van der Waals surface area contributed by atoms with Gasteiger partial charge in [0.1, 0.15) is 5.75 Å². The standard InChI is InChI=1S/C11H13ClF3NO/c1-2-16(7-11(13,14)15)6-8-4-3-5-9(12)10(8)17/h3-5,17H,2,6-7H2,1H3. The zero-order valence-corrected chi connectivity index (χ0v) is 10.0. The van der Waals surface area contributed by atoms with Crippen LogP contribution in [0.25, 0.3) is 0 Å². The number of benzene rings is 1. The minimum absolute atomic E-state index is 0.0163. The second-order valence-corrected chi connectivity index (χ2v) is 4.07. The minimum Gasteiger partial charge on any atom is -0.506 e. The van der Waals surface area contributed by atoms with Crippen molar-refractivity contribution in [3.05, 3.63) is 28.8 Å². The van der Waals surface area contributed by atoms with Crippen LogP contribution in [0, 0.1) is 0 Å². The van der Waals surface area contributed by atoms with E-state index in [9.17, 15) is 18.3 Å². The van der Waals surface area contributed by atoms with Gasteiger partial charge in [0.15, 0.2) is 0 Å². The molecule has 0 unspecified atom stereocenters. The molecule has 6 heteroatoms. The molecule has 0 aliphatic heterocycles. The summed E-state index contributed by atoms with van der Waals surface area (Å²) in [5, 5.41) is 9.74. The maximum absolute atomic E-state index is 12.2. The van der Waals surface area contributed by atoms with Gasteiger partial charge >= 0.3 is 6.18 Å². The fourth-order valence-electron chi connectivity index (χ4n) is 1.46. The molecule has 1 aromatic rings. The summed E-state index contributed by atoms with van der Waals surface area (Å²) in [7, 11) is 0. The number of para-hydroxylation sites is 1. The molecule has 0 aliphatic rings. The van der Waals surface area contributed by atoms with E-state index in [1.807, 2.05) is 0 Å². The number of nitrogens with zero attached hydrogens (tertiary/aromatic N) is 1. The molecule has 0 spiro atoms. The van der Waals surface area contributed by atoms with E-state index in [0.29, 0.717) is 5.56 Å². The molecule has 0 heterocycles. The van der Waals surface area contributed by atoms with Gasteiger partial charge in [0.05, 0.1) is 11.6 Å². The summed E-state index contributed by atoms with van der Waals surface area (Å²) in [6.07, 6.45) is -4.25. The number of phenolic OH excluding ortho intramolecular Hbond substituents is 1. The SMILES string of the molecule is CCN(Cc1cccc(Cl)c1O)CC(F)(F)F. The Kier molecular flexibility index (Phi) is 4.65. The second-order valence-electron chi connectivity index (χ2n) is 3.67. The Hall–Kier alpha value is -0.940. The highest BCUT2D eigenvalue weighted by Gasteiger charge is 2.30. The number of halogens is 4. The highest BCUT2D eigenvalue weighted by Crippen LogP contribution is 2.28. The number of hydrogen-bond acceptors (Lipinski definition) is 2. The molecule has 1 aromatic carbocycles. The van der Waals surface area contributed by atoms with Crippen LogP contribution in [0.15, 0.2) is 18.2 Å². The third kappa shape index (κ3) is 4.44. The summed E-state index contributed by atoms with van der Waals surface area (Å²) >= 11 is 5.68. The van der Waals surface area contributed by atoms with Gasteiger partial charge in [0.25, 0.3) is 0 Å². The van der Waals surface area contributed by atoms with E-state index in [2.05, 4.69) is 0 Å². The van der Waals surface area contributed by atoms with Crippen molar-refractivity contribution in [3.8, 4) is 5.75 Å².